The average Bonchev–Trinajstić information content (AvgIpc) is 2.46. The van der Waals surface area contributed by atoms with Crippen LogP contribution in [0.25, 0.3) is 0 Å². The highest BCUT2D eigenvalue weighted by Gasteiger charge is 2.16. The van der Waals surface area contributed by atoms with Crippen LogP contribution in [0.15, 0.2) is 6.07 Å². The van der Waals surface area contributed by atoms with Crippen molar-refractivity contribution < 1.29 is 9.53 Å². The van der Waals surface area contributed by atoms with Gasteiger partial charge in [0.25, 0.3) is 0 Å². The quantitative estimate of drug-likeness (QED) is 0.467. The van der Waals surface area contributed by atoms with Gasteiger partial charge in [-0.25, -0.2) is 15.8 Å². The first-order valence-electron chi connectivity index (χ1n) is 6.28. The Morgan fingerprint density at radius 3 is 2.80 bits per heavy atom. The van der Waals surface area contributed by atoms with Gasteiger partial charge >= 0.3 is 0 Å². The van der Waals surface area contributed by atoms with Crippen molar-refractivity contribution in [3.63, 3.8) is 0 Å². The van der Waals surface area contributed by atoms with Gasteiger partial charge in [-0.2, -0.15) is 0 Å². The molecule has 112 valence electrons. The second kappa shape index (κ2) is 7.61. The van der Waals surface area contributed by atoms with Gasteiger partial charge in [-0.1, -0.05) is 6.92 Å². The lowest BCUT2D eigenvalue weighted by molar-refractivity contribution is -0.123. The average molecular weight is 282 g/mol. The molecular weight excluding hydrogens is 260 g/mol. The van der Waals surface area contributed by atoms with E-state index in [1.54, 1.807) is 20.2 Å². The van der Waals surface area contributed by atoms with Crippen molar-refractivity contribution in [2.75, 3.05) is 38.1 Å². The molecule has 1 amide bonds. The Balaban J connectivity index is 2.88. The molecule has 1 atom stereocenters. The molecule has 4 N–H and O–H groups in total. The summed E-state index contributed by atoms with van der Waals surface area (Å²) in [4.78, 5) is 22.0. The number of nitrogens with one attached hydrogen (secondary N) is 2. The van der Waals surface area contributed by atoms with Gasteiger partial charge in [-0.3, -0.25) is 4.79 Å². The molecule has 0 bridgehead atoms. The number of hydrogen-bond acceptors (Lipinski definition) is 7. The summed E-state index contributed by atoms with van der Waals surface area (Å²) in [6.07, 6.45) is 0. The van der Waals surface area contributed by atoms with Gasteiger partial charge in [0, 0.05) is 33.8 Å². The van der Waals surface area contributed by atoms with Crippen LogP contribution >= 0.6 is 0 Å². The molecule has 1 heterocycles. The predicted octanol–water partition coefficient (Wildman–Crippen LogP) is -0.273. The molecule has 0 radical (unpaired) electrons. The van der Waals surface area contributed by atoms with E-state index >= 15 is 0 Å². The minimum Gasteiger partial charge on any atom is -0.377 e. The van der Waals surface area contributed by atoms with Gasteiger partial charge in [0.05, 0.1) is 5.92 Å². The normalized spacial score (nSPS) is 11.8. The third kappa shape index (κ3) is 4.32. The van der Waals surface area contributed by atoms with Gasteiger partial charge in [-0.05, 0) is 0 Å². The lowest BCUT2D eigenvalue weighted by atomic mass is 10.1. The van der Waals surface area contributed by atoms with Crippen molar-refractivity contribution in [2.45, 2.75) is 13.5 Å². The molecule has 0 fully saturated rings. The minimum absolute atomic E-state index is 0.0137. The fourth-order valence-electron chi connectivity index (χ4n) is 1.78. The second-order valence-corrected chi connectivity index (χ2v) is 4.50. The van der Waals surface area contributed by atoms with E-state index in [9.17, 15) is 4.79 Å². The molecule has 0 aliphatic rings. The summed E-state index contributed by atoms with van der Waals surface area (Å²) < 4.78 is 5.02. The van der Waals surface area contributed by atoms with Gasteiger partial charge < -0.3 is 20.4 Å². The number of aromatic nitrogens is 2. The largest absolute Gasteiger partial charge is 0.377 e. The molecule has 1 aromatic rings. The summed E-state index contributed by atoms with van der Waals surface area (Å²) in [7, 11) is 5.05. The maximum atomic E-state index is 11.5. The van der Waals surface area contributed by atoms with Crippen LogP contribution < -0.4 is 21.5 Å². The Bertz CT molecular complexity index is 454. The van der Waals surface area contributed by atoms with E-state index in [1.165, 1.54) is 0 Å². The molecule has 8 nitrogen and oxygen atoms in total. The molecule has 0 aliphatic carbocycles. The van der Waals surface area contributed by atoms with E-state index in [0.29, 0.717) is 30.6 Å². The van der Waals surface area contributed by atoms with Crippen LogP contribution in [0.4, 0.5) is 11.6 Å². The van der Waals surface area contributed by atoms with Crippen LogP contribution in [0.1, 0.15) is 12.7 Å². The van der Waals surface area contributed by atoms with E-state index in [4.69, 9.17) is 10.6 Å². The first kappa shape index (κ1) is 16.1. The van der Waals surface area contributed by atoms with Crippen LogP contribution in [-0.2, 0) is 16.1 Å². The molecular formula is C12H22N6O2. The number of nitrogen functional groups attached to an aromatic ring is 1. The smallest absolute Gasteiger partial charge is 0.224 e. The Morgan fingerprint density at radius 1 is 1.55 bits per heavy atom. The molecule has 0 spiro atoms. The van der Waals surface area contributed by atoms with Crippen LogP contribution in [0.2, 0.25) is 0 Å². The summed E-state index contributed by atoms with van der Waals surface area (Å²) in [5.41, 5.74) is 2.50. The number of amides is 1. The van der Waals surface area contributed by atoms with Crippen LogP contribution in [-0.4, -0.2) is 43.6 Å². The van der Waals surface area contributed by atoms with Gasteiger partial charge in [0.15, 0.2) is 5.82 Å². The molecule has 1 aromatic heterocycles. The van der Waals surface area contributed by atoms with Crippen molar-refractivity contribution >= 4 is 17.5 Å². The second-order valence-electron chi connectivity index (χ2n) is 4.50. The van der Waals surface area contributed by atoms with Crippen LogP contribution in [0.5, 0.6) is 0 Å². The predicted molar refractivity (Wildman–Crippen MR) is 77.1 cm³/mol. The minimum atomic E-state index is -0.153. The maximum absolute atomic E-state index is 11.5. The number of hydrazine groups is 1. The number of ether oxygens (including phenoxy) is 1. The maximum Gasteiger partial charge on any atom is 0.224 e. The molecule has 8 heteroatoms. The number of carbonyl (C=O) groups excluding carboxylic acids is 1. The third-order valence-electron chi connectivity index (χ3n) is 2.81. The standard InChI is InChI=1S/C12H22N6O2/c1-8(12(19)14-2)6-18(3)11-5-9(17-13)15-10(16-11)7-20-4/h5,8H,6-7,13H2,1-4H3,(H,14,19)(H,15,16,17). The fraction of sp³-hybridized carbons (Fsp3) is 0.583. The number of methoxy groups -OCH3 is 1. The molecule has 0 saturated carbocycles. The molecule has 1 rings (SSSR count). The summed E-state index contributed by atoms with van der Waals surface area (Å²) in [5.74, 6) is 6.93. The van der Waals surface area contributed by atoms with Crippen molar-refractivity contribution in [3.8, 4) is 0 Å². The number of hydrogen-bond donors (Lipinski definition) is 3. The zero-order chi connectivity index (χ0) is 15.1. The monoisotopic (exact) mass is 282 g/mol. The zero-order valence-electron chi connectivity index (χ0n) is 12.3. The number of nitrogens with zero attached hydrogens (tertiary/aromatic N) is 3. The Morgan fingerprint density at radius 2 is 2.25 bits per heavy atom. The van der Waals surface area contributed by atoms with Gasteiger partial charge in [0.1, 0.15) is 18.2 Å². The van der Waals surface area contributed by atoms with E-state index in [-0.39, 0.29) is 11.8 Å². The van der Waals surface area contributed by atoms with Crippen molar-refractivity contribution in [1.82, 2.24) is 15.3 Å². The van der Waals surface area contributed by atoms with E-state index < -0.39 is 0 Å². The lowest BCUT2D eigenvalue weighted by Crippen LogP contribution is -2.34. The molecule has 0 saturated heterocycles. The number of anilines is 2. The highest BCUT2D eigenvalue weighted by molar-refractivity contribution is 5.78. The summed E-state index contributed by atoms with van der Waals surface area (Å²) in [6, 6.07) is 1.72. The molecule has 0 aromatic carbocycles. The first-order valence-corrected chi connectivity index (χ1v) is 6.28. The SMILES string of the molecule is CNC(=O)C(C)CN(C)c1cc(NN)nc(COC)n1. The van der Waals surface area contributed by atoms with Crippen LogP contribution in [0.3, 0.4) is 0 Å². The highest BCUT2D eigenvalue weighted by atomic mass is 16.5. The number of carbonyl (C=O) groups is 1. The van der Waals surface area contributed by atoms with E-state index in [2.05, 4.69) is 20.7 Å². The van der Waals surface area contributed by atoms with Crippen molar-refractivity contribution in [2.24, 2.45) is 11.8 Å². The Labute approximate surface area is 118 Å². The third-order valence-corrected chi connectivity index (χ3v) is 2.81. The summed E-state index contributed by atoms with van der Waals surface area (Å²) in [6.45, 7) is 2.68. The van der Waals surface area contributed by atoms with Gasteiger partial charge in [-0.15, -0.1) is 0 Å². The fourth-order valence-corrected chi connectivity index (χ4v) is 1.78. The van der Waals surface area contributed by atoms with E-state index in [0.717, 1.165) is 0 Å². The van der Waals surface area contributed by atoms with Crippen LogP contribution in [0, 0.1) is 5.92 Å². The topological polar surface area (TPSA) is 105 Å². The summed E-state index contributed by atoms with van der Waals surface area (Å²) >= 11 is 0. The molecule has 20 heavy (non-hydrogen) atoms. The van der Waals surface area contributed by atoms with E-state index in [1.807, 2.05) is 18.9 Å². The van der Waals surface area contributed by atoms with Crippen molar-refractivity contribution in [3.05, 3.63) is 11.9 Å². The number of nitrogens with two attached hydrogens (primary N) is 1. The first-order chi connectivity index (χ1) is 9.51. The summed E-state index contributed by atoms with van der Waals surface area (Å²) in [5, 5.41) is 2.63. The highest BCUT2D eigenvalue weighted by Crippen LogP contribution is 2.16. The molecule has 0 aliphatic heterocycles. The lowest BCUT2D eigenvalue weighted by Gasteiger charge is -2.22. The van der Waals surface area contributed by atoms with Gasteiger partial charge in [0.2, 0.25) is 5.91 Å². The molecule has 1 unspecified atom stereocenters. The number of rotatable bonds is 7. The van der Waals surface area contributed by atoms with Crippen molar-refractivity contribution in [1.29, 1.82) is 0 Å². The Hall–Kier alpha value is -1.93. The Kier molecular flexibility index (Phi) is 6.13. The zero-order valence-corrected chi connectivity index (χ0v) is 12.3.